The zero-order chi connectivity index (χ0) is 13.0. The Morgan fingerprint density at radius 2 is 2.22 bits per heavy atom. The largest absolute Gasteiger partial charge is 0.316 e. The lowest BCUT2D eigenvalue weighted by molar-refractivity contribution is 0.248. The van der Waals surface area contributed by atoms with Gasteiger partial charge in [0.15, 0.2) is 0 Å². The molecular weight excluding hydrogens is 224 g/mol. The Balaban J connectivity index is 2.05. The molecule has 1 unspecified atom stereocenters. The number of hydrogen-bond acceptors (Lipinski definition) is 3. The monoisotopic (exact) mass is 250 g/mol. The van der Waals surface area contributed by atoms with Gasteiger partial charge in [-0.15, -0.1) is 0 Å². The van der Waals surface area contributed by atoms with Crippen LogP contribution in [0.15, 0.2) is 6.33 Å². The van der Waals surface area contributed by atoms with Gasteiger partial charge in [0.05, 0.1) is 0 Å². The number of rotatable bonds is 8. The number of hydrogen-bond donors (Lipinski definition) is 1. The number of aryl methyl sites for hydroxylation is 1. The van der Waals surface area contributed by atoms with Gasteiger partial charge in [0, 0.05) is 19.5 Å². The standard InChI is InChI=1S/C14H26N4/c1-4-8-18-13(16-11-17-18)9-14(3,10-15-5-2)12-6-7-12/h11-12,15H,4-10H2,1-3H3. The van der Waals surface area contributed by atoms with E-state index in [1.54, 1.807) is 6.33 Å². The highest BCUT2D eigenvalue weighted by Gasteiger charge is 2.41. The minimum absolute atomic E-state index is 0.342. The van der Waals surface area contributed by atoms with Crippen molar-refractivity contribution in [3.63, 3.8) is 0 Å². The van der Waals surface area contributed by atoms with Crippen LogP contribution in [-0.4, -0.2) is 27.9 Å². The van der Waals surface area contributed by atoms with Crippen molar-refractivity contribution in [2.24, 2.45) is 11.3 Å². The zero-order valence-corrected chi connectivity index (χ0v) is 11.9. The topological polar surface area (TPSA) is 42.7 Å². The maximum absolute atomic E-state index is 4.46. The lowest BCUT2D eigenvalue weighted by Gasteiger charge is -2.29. The van der Waals surface area contributed by atoms with Crippen molar-refractivity contribution in [3.8, 4) is 0 Å². The van der Waals surface area contributed by atoms with Crippen LogP contribution in [0.4, 0.5) is 0 Å². The van der Waals surface area contributed by atoms with Crippen LogP contribution < -0.4 is 5.32 Å². The summed E-state index contributed by atoms with van der Waals surface area (Å²) in [6.45, 7) is 9.88. The summed E-state index contributed by atoms with van der Waals surface area (Å²) in [6, 6.07) is 0. The lowest BCUT2D eigenvalue weighted by atomic mass is 9.81. The summed E-state index contributed by atoms with van der Waals surface area (Å²) in [5.74, 6) is 2.02. The fraction of sp³-hybridized carbons (Fsp3) is 0.857. The van der Waals surface area contributed by atoms with Crippen LogP contribution in [0.5, 0.6) is 0 Å². The molecular formula is C14H26N4. The second kappa shape index (κ2) is 5.83. The van der Waals surface area contributed by atoms with Crippen molar-refractivity contribution in [3.05, 3.63) is 12.2 Å². The molecule has 0 amide bonds. The second-order valence-electron chi connectivity index (χ2n) is 5.78. The van der Waals surface area contributed by atoms with E-state index in [4.69, 9.17) is 0 Å². The van der Waals surface area contributed by atoms with Crippen LogP contribution in [0.1, 0.15) is 45.9 Å². The Morgan fingerprint density at radius 3 is 2.83 bits per heavy atom. The third-order valence-corrected chi connectivity index (χ3v) is 4.03. The van der Waals surface area contributed by atoms with Crippen molar-refractivity contribution in [2.45, 2.75) is 53.0 Å². The Bertz CT molecular complexity index is 370. The maximum atomic E-state index is 4.46. The third-order valence-electron chi connectivity index (χ3n) is 4.03. The molecule has 1 aromatic heterocycles. The Morgan fingerprint density at radius 1 is 1.44 bits per heavy atom. The quantitative estimate of drug-likeness (QED) is 0.769. The molecule has 0 bridgehead atoms. The Kier molecular flexibility index (Phi) is 4.38. The van der Waals surface area contributed by atoms with Crippen molar-refractivity contribution >= 4 is 0 Å². The third kappa shape index (κ3) is 3.10. The molecule has 0 spiro atoms. The predicted molar refractivity (Wildman–Crippen MR) is 73.4 cm³/mol. The van der Waals surface area contributed by atoms with Crippen LogP contribution in [0.3, 0.4) is 0 Å². The SMILES string of the molecule is CCCn1ncnc1CC(C)(CNCC)C1CC1. The van der Waals surface area contributed by atoms with Gasteiger partial charge in [-0.3, -0.25) is 4.68 Å². The van der Waals surface area contributed by atoms with Gasteiger partial charge in [0.1, 0.15) is 12.2 Å². The molecule has 0 aromatic carbocycles. The van der Waals surface area contributed by atoms with Crippen LogP contribution in [0.2, 0.25) is 0 Å². The first kappa shape index (κ1) is 13.5. The van der Waals surface area contributed by atoms with Gasteiger partial charge in [-0.05, 0) is 37.1 Å². The molecule has 1 N–H and O–H groups in total. The number of nitrogens with zero attached hydrogens (tertiary/aromatic N) is 3. The van der Waals surface area contributed by atoms with E-state index in [-0.39, 0.29) is 0 Å². The normalized spacial score (nSPS) is 18.8. The first-order chi connectivity index (χ1) is 8.69. The van der Waals surface area contributed by atoms with Crippen molar-refractivity contribution in [2.75, 3.05) is 13.1 Å². The molecule has 4 nitrogen and oxygen atoms in total. The van der Waals surface area contributed by atoms with Crippen LogP contribution >= 0.6 is 0 Å². The van der Waals surface area contributed by atoms with Gasteiger partial charge in [0.2, 0.25) is 0 Å². The molecule has 1 aliphatic rings. The predicted octanol–water partition coefficient (Wildman–Crippen LogP) is 2.26. The summed E-state index contributed by atoms with van der Waals surface area (Å²) in [7, 11) is 0. The summed E-state index contributed by atoms with van der Waals surface area (Å²) in [6.07, 6.45) is 6.62. The Hall–Kier alpha value is -0.900. The van der Waals surface area contributed by atoms with E-state index in [1.165, 1.54) is 12.8 Å². The highest BCUT2D eigenvalue weighted by Crippen LogP contribution is 2.46. The molecule has 1 heterocycles. The minimum atomic E-state index is 0.342. The maximum Gasteiger partial charge on any atom is 0.138 e. The smallest absolute Gasteiger partial charge is 0.138 e. The van der Waals surface area contributed by atoms with E-state index in [2.05, 4.69) is 40.9 Å². The average molecular weight is 250 g/mol. The average Bonchev–Trinajstić information content (AvgIpc) is 3.13. The minimum Gasteiger partial charge on any atom is -0.316 e. The van der Waals surface area contributed by atoms with Gasteiger partial charge >= 0.3 is 0 Å². The van der Waals surface area contributed by atoms with Gasteiger partial charge in [-0.2, -0.15) is 5.10 Å². The highest BCUT2D eigenvalue weighted by molar-refractivity contribution is 5.00. The first-order valence-electron chi connectivity index (χ1n) is 7.27. The van der Waals surface area contributed by atoms with Crippen molar-refractivity contribution in [1.29, 1.82) is 0 Å². The highest BCUT2D eigenvalue weighted by atomic mass is 15.3. The van der Waals surface area contributed by atoms with Crippen molar-refractivity contribution in [1.82, 2.24) is 20.1 Å². The Labute approximate surface area is 110 Å². The van der Waals surface area contributed by atoms with Gasteiger partial charge in [-0.25, -0.2) is 4.98 Å². The van der Waals surface area contributed by atoms with E-state index in [9.17, 15) is 0 Å². The van der Waals surface area contributed by atoms with Gasteiger partial charge in [0.25, 0.3) is 0 Å². The molecule has 4 heteroatoms. The molecule has 0 saturated heterocycles. The lowest BCUT2D eigenvalue weighted by Crippen LogP contribution is -2.36. The van der Waals surface area contributed by atoms with Crippen LogP contribution in [0, 0.1) is 11.3 Å². The summed E-state index contributed by atoms with van der Waals surface area (Å²) in [5, 5.41) is 7.85. The molecule has 2 rings (SSSR count). The fourth-order valence-corrected chi connectivity index (χ4v) is 2.73. The van der Waals surface area contributed by atoms with Crippen LogP contribution in [0.25, 0.3) is 0 Å². The first-order valence-corrected chi connectivity index (χ1v) is 7.27. The molecule has 18 heavy (non-hydrogen) atoms. The van der Waals surface area contributed by atoms with E-state index in [0.717, 1.165) is 44.2 Å². The molecule has 1 aromatic rings. The molecule has 0 aliphatic heterocycles. The molecule has 102 valence electrons. The fourth-order valence-electron chi connectivity index (χ4n) is 2.73. The van der Waals surface area contributed by atoms with Gasteiger partial charge < -0.3 is 5.32 Å². The zero-order valence-electron chi connectivity index (χ0n) is 11.9. The second-order valence-corrected chi connectivity index (χ2v) is 5.78. The molecule has 1 fully saturated rings. The number of aromatic nitrogens is 3. The van der Waals surface area contributed by atoms with E-state index in [0.29, 0.717) is 5.41 Å². The van der Waals surface area contributed by atoms with E-state index < -0.39 is 0 Å². The van der Waals surface area contributed by atoms with Gasteiger partial charge in [-0.1, -0.05) is 20.8 Å². The molecule has 1 aliphatic carbocycles. The molecule has 0 radical (unpaired) electrons. The summed E-state index contributed by atoms with van der Waals surface area (Å²) in [4.78, 5) is 4.46. The van der Waals surface area contributed by atoms with E-state index in [1.807, 2.05) is 0 Å². The summed E-state index contributed by atoms with van der Waals surface area (Å²) >= 11 is 0. The molecule has 1 atom stereocenters. The summed E-state index contributed by atoms with van der Waals surface area (Å²) < 4.78 is 2.08. The van der Waals surface area contributed by atoms with Crippen LogP contribution in [-0.2, 0) is 13.0 Å². The van der Waals surface area contributed by atoms with E-state index >= 15 is 0 Å². The molecule has 1 saturated carbocycles. The summed E-state index contributed by atoms with van der Waals surface area (Å²) in [5.41, 5.74) is 0.342. The number of nitrogens with one attached hydrogen (secondary N) is 1. The van der Waals surface area contributed by atoms with Crippen molar-refractivity contribution < 1.29 is 0 Å².